The number of aliphatic carboxylic acids is 3. The van der Waals surface area contributed by atoms with Gasteiger partial charge in [0.05, 0.1) is 25.4 Å². The molecule has 0 aliphatic rings. The molecule has 0 heterocycles. The van der Waals surface area contributed by atoms with E-state index in [0.29, 0.717) is 0 Å². The Morgan fingerprint density at radius 1 is 0.966 bits per heavy atom. The minimum absolute atomic E-state index is 0.224. The van der Waals surface area contributed by atoms with Gasteiger partial charge in [-0.25, -0.2) is 0 Å². The molecule has 12 heteroatoms. The Hall–Kier alpha value is -3.02. The summed E-state index contributed by atoms with van der Waals surface area (Å²) < 4.78 is 0. The number of carbonyl (C=O) groups excluding carboxylic acids is 3. The number of rotatable bonds is 9. The predicted octanol–water partition coefficient (Wildman–Crippen LogP) is -0.533. The van der Waals surface area contributed by atoms with E-state index in [4.69, 9.17) is 24.9 Å². The van der Waals surface area contributed by atoms with Gasteiger partial charge in [0.2, 0.25) is 11.8 Å². The summed E-state index contributed by atoms with van der Waals surface area (Å²) in [5.74, 6) is -4.18. The number of likely N-dealkylation sites (N-methyl/N-ethyl adjacent to an activating group) is 1. The number of hydrogen-bond donors (Lipinski definition) is 6. The fourth-order valence-electron chi connectivity index (χ4n) is 1.43. The number of aldehydes is 1. The van der Waals surface area contributed by atoms with E-state index in [1.54, 1.807) is 0 Å². The maximum absolute atomic E-state index is 11.6. The number of carboxylic acid groups (broad SMARTS) is 3. The zero-order chi connectivity index (χ0) is 24.0. The third-order valence-electron chi connectivity index (χ3n) is 2.36. The third-order valence-corrected chi connectivity index (χ3v) is 2.36. The molecule has 29 heavy (non-hydrogen) atoms. The van der Waals surface area contributed by atoms with Gasteiger partial charge in [0.25, 0.3) is 5.97 Å². The molecule has 6 N–H and O–H groups in total. The van der Waals surface area contributed by atoms with E-state index < -0.39 is 48.2 Å². The molecular formula is C17H33N3O9. The Bertz CT molecular complexity index is 506. The summed E-state index contributed by atoms with van der Waals surface area (Å²) in [7, 11) is 1.43. The first-order valence-electron chi connectivity index (χ1n) is 8.68. The van der Waals surface area contributed by atoms with Crippen molar-refractivity contribution in [3.05, 3.63) is 0 Å². The van der Waals surface area contributed by atoms with Crippen LogP contribution < -0.4 is 16.0 Å². The van der Waals surface area contributed by atoms with Gasteiger partial charge in [-0.3, -0.25) is 24.0 Å². The molecule has 0 aromatic rings. The first kappa shape index (κ1) is 33.6. The molecule has 0 fully saturated rings. The van der Waals surface area contributed by atoms with Crippen LogP contribution in [0.3, 0.4) is 0 Å². The Labute approximate surface area is 170 Å². The molecule has 0 aromatic heterocycles. The topological polar surface area (TPSA) is 199 Å². The van der Waals surface area contributed by atoms with Gasteiger partial charge >= 0.3 is 11.9 Å². The summed E-state index contributed by atoms with van der Waals surface area (Å²) >= 11 is 0. The highest BCUT2D eigenvalue weighted by molar-refractivity contribution is 5.89. The molecule has 2 unspecified atom stereocenters. The van der Waals surface area contributed by atoms with Crippen molar-refractivity contribution in [3.63, 3.8) is 0 Å². The summed E-state index contributed by atoms with van der Waals surface area (Å²) in [6.45, 7) is 7.70. The summed E-state index contributed by atoms with van der Waals surface area (Å²) in [6, 6.07) is -1.49. The van der Waals surface area contributed by atoms with Crippen molar-refractivity contribution in [2.24, 2.45) is 0 Å². The van der Waals surface area contributed by atoms with Crippen molar-refractivity contribution in [2.45, 2.75) is 59.5 Å². The van der Waals surface area contributed by atoms with Crippen LogP contribution in [0.5, 0.6) is 0 Å². The fraction of sp³-hybridized carbons (Fsp3) is 0.647. The average molecular weight is 423 g/mol. The first-order chi connectivity index (χ1) is 13.4. The summed E-state index contributed by atoms with van der Waals surface area (Å²) in [6.07, 6.45) is 0.122. The SMILES string of the molecule is CC.CC(=O)O.CC=O.CNC(CC(=O)O)C(=O)NCC(=O)NC(C)CC(=O)O. The van der Waals surface area contributed by atoms with Crippen LogP contribution >= 0.6 is 0 Å². The number of carbonyl (C=O) groups is 6. The zero-order valence-corrected chi connectivity index (χ0v) is 17.6. The molecule has 0 saturated heterocycles. The number of amides is 2. The fourth-order valence-corrected chi connectivity index (χ4v) is 1.43. The maximum atomic E-state index is 11.6. The van der Waals surface area contributed by atoms with Gasteiger partial charge in [-0.2, -0.15) is 0 Å². The minimum atomic E-state index is -1.14. The van der Waals surface area contributed by atoms with Gasteiger partial charge in [0.1, 0.15) is 6.29 Å². The van der Waals surface area contributed by atoms with Gasteiger partial charge in [-0.15, -0.1) is 0 Å². The number of carboxylic acids is 3. The Kier molecular flexibility index (Phi) is 26.6. The van der Waals surface area contributed by atoms with Crippen molar-refractivity contribution >= 4 is 36.0 Å². The highest BCUT2D eigenvalue weighted by Crippen LogP contribution is 1.92. The third kappa shape index (κ3) is 33.0. The molecule has 0 aromatic carbocycles. The van der Waals surface area contributed by atoms with Crippen molar-refractivity contribution < 1.29 is 44.1 Å². The molecule has 0 bridgehead atoms. The minimum Gasteiger partial charge on any atom is -0.481 e. The Morgan fingerprint density at radius 3 is 1.66 bits per heavy atom. The van der Waals surface area contributed by atoms with Crippen LogP contribution in [0.2, 0.25) is 0 Å². The molecule has 2 amide bonds. The largest absolute Gasteiger partial charge is 0.481 e. The molecule has 12 nitrogen and oxygen atoms in total. The maximum Gasteiger partial charge on any atom is 0.305 e. The lowest BCUT2D eigenvalue weighted by Gasteiger charge is -2.15. The van der Waals surface area contributed by atoms with E-state index in [9.17, 15) is 19.2 Å². The van der Waals surface area contributed by atoms with Crippen LogP contribution in [0.4, 0.5) is 0 Å². The van der Waals surface area contributed by atoms with Gasteiger partial charge in [-0.1, -0.05) is 13.8 Å². The van der Waals surface area contributed by atoms with Crippen molar-refractivity contribution in [1.82, 2.24) is 16.0 Å². The molecule has 0 aliphatic carbocycles. The van der Waals surface area contributed by atoms with E-state index in [-0.39, 0.29) is 13.0 Å². The lowest BCUT2D eigenvalue weighted by molar-refractivity contribution is -0.140. The van der Waals surface area contributed by atoms with Gasteiger partial charge < -0.3 is 36.1 Å². The first-order valence-corrected chi connectivity index (χ1v) is 8.68. The molecule has 170 valence electrons. The second-order valence-corrected chi connectivity index (χ2v) is 4.98. The lowest BCUT2D eigenvalue weighted by atomic mass is 10.2. The molecule has 0 saturated carbocycles. The Balaban J connectivity index is -0.000000293. The van der Waals surface area contributed by atoms with Crippen LogP contribution in [0.1, 0.15) is 47.5 Å². The molecule has 2 atom stereocenters. The zero-order valence-electron chi connectivity index (χ0n) is 17.6. The average Bonchev–Trinajstić information content (AvgIpc) is 2.58. The second-order valence-electron chi connectivity index (χ2n) is 4.98. The van der Waals surface area contributed by atoms with Gasteiger partial charge in [-0.05, 0) is 20.9 Å². The summed E-state index contributed by atoms with van der Waals surface area (Å²) in [5.41, 5.74) is 0. The van der Waals surface area contributed by atoms with E-state index in [1.165, 1.54) is 20.9 Å². The lowest BCUT2D eigenvalue weighted by Crippen LogP contribution is -2.48. The van der Waals surface area contributed by atoms with Gasteiger partial charge in [0.15, 0.2) is 0 Å². The van der Waals surface area contributed by atoms with Crippen molar-refractivity contribution in [2.75, 3.05) is 13.6 Å². The number of nitrogens with one attached hydrogen (secondary N) is 3. The van der Waals surface area contributed by atoms with Crippen molar-refractivity contribution in [1.29, 1.82) is 0 Å². The van der Waals surface area contributed by atoms with Crippen LogP contribution in [0.15, 0.2) is 0 Å². The van der Waals surface area contributed by atoms with Crippen LogP contribution in [-0.4, -0.2) is 77.0 Å². The smallest absolute Gasteiger partial charge is 0.305 e. The monoisotopic (exact) mass is 423 g/mol. The van der Waals surface area contributed by atoms with Crippen LogP contribution in [0.25, 0.3) is 0 Å². The van der Waals surface area contributed by atoms with E-state index >= 15 is 0 Å². The highest BCUT2D eigenvalue weighted by atomic mass is 16.4. The van der Waals surface area contributed by atoms with Crippen LogP contribution in [0, 0.1) is 0 Å². The van der Waals surface area contributed by atoms with Gasteiger partial charge in [0, 0.05) is 13.0 Å². The summed E-state index contributed by atoms with van der Waals surface area (Å²) in [5, 5.41) is 31.7. The second kappa shape index (κ2) is 23.0. The number of hydrogen-bond acceptors (Lipinski definition) is 7. The predicted molar refractivity (Wildman–Crippen MR) is 104 cm³/mol. The van der Waals surface area contributed by atoms with Crippen molar-refractivity contribution in [3.8, 4) is 0 Å². The van der Waals surface area contributed by atoms with E-state index in [2.05, 4.69) is 16.0 Å². The quantitative estimate of drug-likeness (QED) is 0.262. The molecule has 0 aliphatic heterocycles. The van der Waals surface area contributed by atoms with Crippen LogP contribution in [-0.2, 0) is 28.8 Å². The molecule has 0 spiro atoms. The van der Waals surface area contributed by atoms with E-state index in [1.807, 2.05) is 13.8 Å². The van der Waals surface area contributed by atoms with E-state index in [0.717, 1.165) is 13.2 Å². The molecule has 0 rings (SSSR count). The molecular weight excluding hydrogens is 390 g/mol. The summed E-state index contributed by atoms with van der Waals surface area (Å²) in [4.78, 5) is 61.7. The Morgan fingerprint density at radius 2 is 1.34 bits per heavy atom. The highest BCUT2D eigenvalue weighted by Gasteiger charge is 2.20. The normalized spacial score (nSPS) is 10.6. The standard InChI is InChI=1S/C11H19N3O6.C2H4O2.C2H4O.C2H6/c1-6(3-9(16)17)14-8(15)5-13-11(20)7(12-2)4-10(18)19;1-2(3)4;1-2-3;1-2/h6-7,12H,3-5H2,1-2H3,(H,13,20)(H,14,15)(H,16,17)(H,18,19);1H3,(H,3,4);2H,1H3;1-2H3. The molecule has 0 radical (unpaired) electrons.